The summed E-state index contributed by atoms with van der Waals surface area (Å²) in [5.74, 6) is 0.303. The number of aliphatic hydroxyl groups is 1. The van der Waals surface area contributed by atoms with Gasteiger partial charge in [0.25, 0.3) is 0 Å². The van der Waals surface area contributed by atoms with Crippen LogP contribution in [0.1, 0.15) is 37.5 Å². The quantitative estimate of drug-likeness (QED) is 0.840. The summed E-state index contributed by atoms with van der Waals surface area (Å²) in [4.78, 5) is 0. The first kappa shape index (κ1) is 13.0. The van der Waals surface area contributed by atoms with Gasteiger partial charge in [-0.1, -0.05) is 26.0 Å². The lowest BCUT2D eigenvalue weighted by Gasteiger charge is -2.14. The van der Waals surface area contributed by atoms with E-state index in [9.17, 15) is 18.3 Å². The Morgan fingerprint density at radius 1 is 1.12 bits per heavy atom. The van der Waals surface area contributed by atoms with Crippen molar-refractivity contribution in [2.45, 2.75) is 32.5 Å². The molecule has 0 aliphatic carbocycles. The van der Waals surface area contributed by atoms with Gasteiger partial charge in [0, 0.05) is 0 Å². The lowest BCUT2D eigenvalue weighted by molar-refractivity contribution is -0.137. The standard InChI is InChI=1S/C12H15F3O/c1-8(2)7-11(16)9-3-5-10(6-4-9)12(13,14)15/h3-6,8,11,16H,7H2,1-2H3. The molecule has 1 rings (SSSR count). The van der Waals surface area contributed by atoms with E-state index in [2.05, 4.69) is 0 Å². The molecule has 0 amide bonds. The Balaban J connectivity index is 2.79. The minimum atomic E-state index is -4.32. The summed E-state index contributed by atoms with van der Waals surface area (Å²) in [5.41, 5.74) is -0.158. The first-order valence-electron chi connectivity index (χ1n) is 5.16. The van der Waals surface area contributed by atoms with Crippen LogP contribution in [0.4, 0.5) is 13.2 Å². The zero-order valence-corrected chi connectivity index (χ0v) is 9.25. The number of rotatable bonds is 3. The van der Waals surface area contributed by atoms with E-state index in [1.54, 1.807) is 0 Å². The highest BCUT2D eigenvalue weighted by Gasteiger charge is 2.30. The number of alkyl halides is 3. The monoisotopic (exact) mass is 232 g/mol. The molecule has 0 aliphatic rings. The molecule has 1 unspecified atom stereocenters. The van der Waals surface area contributed by atoms with Gasteiger partial charge in [0.1, 0.15) is 0 Å². The predicted molar refractivity (Wildman–Crippen MR) is 55.9 cm³/mol. The maximum absolute atomic E-state index is 12.3. The highest BCUT2D eigenvalue weighted by atomic mass is 19.4. The van der Waals surface area contributed by atoms with E-state index >= 15 is 0 Å². The van der Waals surface area contributed by atoms with Gasteiger partial charge in [-0.3, -0.25) is 0 Å². The highest BCUT2D eigenvalue weighted by molar-refractivity contribution is 5.25. The summed E-state index contributed by atoms with van der Waals surface area (Å²) in [5, 5.41) is 9.70. The Bertz CT molecular complexity index is 327. The summed E-state index contributed by atoms with van der Waals surface area (Å²) in [6.45, 7) is 3.90. The fraction of sp³-hybridized carbons (Fsp3) is 0.500. The van der Waals surface area contributed by atoms with Crippen LogP contribution >= 0.6 is 0 Å². The molecule has 4 heteroatoms. The molecule has 0 radical (unpaired) electrons. The molecular formula is C12H15F3O. The second-order valence-electron chi connectivity index (χ2n) is 4.27. The Kier molecular flexibility index (Phi) is 3.97. The van der Waals surface area contributed by atoms with E-state index in [0.717, 1.165) is 12.1 Å². The van der Waals surface area contributed by atoms with E-state index in [0.29, 0.717) is 17.9 Å². The van der Waals surface area contributed by atoms with Gasteiger partial charge < -0.3 is 5.11 Å². The Labute approximate surface area is 92.9 Å². The number of benzene rings is 1. The largest absolute Gasteiger partial charge is 0.416 e. The molecule has 90 valence electrons. The van der Waals surface area contributed by atoms with Gasteiger partial charge in [-0.2, -0.15) is 13.2 Å². The summed E-state index contributed by atoms with van der Waals surface area (Å²) >= 11 is 0. The molecule has 0 aromatic heterocycles. The van der Waals surface area contributed by atoms with Crippen LogP contribution in [0.5, 0.6) is 0 Å². The summed E-state index contributed by atoms with van der Waals surface area (Å²) in [6, 6.07) is 4.66. The van der Waals surface area contributed by atoms with Gasteiger partial charge >= 0.3 is 6.18 Å². The Hall–Kier alpha value is -1.03. The lowest BCUT2D eigenvalue weighted by Crippen LogP contribution is -2.06. The fourth-order valence-corrected chi connectivity index (χ4v) is 1.48. The van der Waals surface area contributed by atoms with Crippen molar-refractivity contribution in [2.24, 2.45) is 5.92 Å². The van der Waals surface area contributed by atoms with Crippen LogP contribution in [-0.2, 0) is 6.18 Å². The van der Waals surface area contributed by atoms with Crippen LogP contribution < -0.4 is 0 Å². The Morgan fingerprint density at radius 3 is 2.00 bits per heavy atom. The second-order valence-corrected chi connectivity index (χ2v) is 4.27. The zero-order chi connectivity index (χ0) is 12.3. The van der Waals surface area contributed by atoms with Crippen molar-refractivity contribution < 1.29 is 18.3 Å². The van der Waals surface area contributed by atoms with Gasteiger partial charge in [0.15, 0.2) is 0 Å². The van der Waals surface area contributed by atoms with Crippen LogP contribution in [0, 0.1) is 5.92 Å². The van der Waals surface area contributed by atoms with Crippen LogP contribution in [0.2, 0.25) is 0 Å². The molecular weight excluding hydrogens is 217 g/mol. The third kappa shape index (κ3) is 3.52. The SMILES string of the molecule is CC(C)CC(O)c1ccc(C(F)(F)F)cc1. The van der Waals surface area contributed by atoms with Crippen molar-refractivity contribution in [1.82, 2.24) is 0 Å². The molecule has 1 atom stereocenters. The molecule has 0 saturated heterocycles. The smallest absolute Gasteiger partial charge is 0.388 e. The first-order chi connectivity index (χ1) is 7.30. The molecule has 16 heavy (non-hydrogen) atoms. The minimum absolute atomic E-state index is 0.303. The molecule has 1 nitrogen and oxygen atoms in total. The average Bonchev–Trinajstić information content (AvgIpc) is 2.15. The molecule has 0 aliphatic heterocycles. The number of halogens is 3. The molecule has 0 bridgehead atoms. The van der Waals surface area contributed by atoms with Crippen molar-refractivity contribution in [1.29, 1.82) is 0 Å². The van der Waals surface area contributed by atoms with E-state index in [-0.39, 0.29) is 0 Å². The Morgan fingerprint density at radius 2 is 1.62 bits per heavy atom. The van der Waals surface area contributed by atoms with Crippen LogP contribution in [0.25, 0.3) is 0 Å². The third-order valence-corrected chi connectivity index (χ3v) is 2.32. The van der Waals surface area contributed by atoms with E-state index in [1.165, 1.54) is 12.1 Å². The van der Waals surface area contributed by atoms with Gasteiger partial charge in [-0.05, 0) is 30.0 Å². The second kappa shape index (κ2) is 4.87. The van der Waals surface area contributed by atoms with Crippen molar-refractivity contribution in [3.63, 3.8) is 0 Å². The molecule has 1 aromatic carbocycles. The van der Waals surface area contributed by atoms with Crippen molar-refractivity contribution in [3.8, 4) is 0 Å². The lowest BCUT2D eigenvalue weighted by atomic mass is 9.99. The number of hydrogen-bond acceptors (Lipinski definition) is 1. The maximum Gasteiger partial charge on any atom is 0.416 e. The summed E-state index contributed by atoms with van der Waals surface area (Å²) < 4.78 is 36.8. The minimum Gasteiger partial charge on any atom is -0.388 e. The number of hydrogen-bond donors (Lipinski definition) is 1. The van der Waals surface area contributed by atoms with Crippen molar-refractivity contribution in [2.75, 3.05) is 0 Å². The fourth-order valence-electron chi connectivity index (χ4n) is 1.48. The van der Waals surface area contributed by atoms with Crippen LogP contribution in [0.15, 0.2) is 24.3 Å². The average molecular weight is 232 g/mol. The first-order valence-corrected chi connectivity index (χ1v) is 5.16. The number of aliphatic hydroxyl groups excluding tert-OH is 1. The van der Waals surface area contributed by atoms with Crippen LogP contribution in [-0.4, -0.2) is 5.11 Å². The van der Waals surface area contributed by atoms with E-state index < -0.39 is 17.8 Å². The van der Waals surface area contributed by atoms with Crippen molar-refractivity contribution in [3.05, 3.63) is 35.4 Å². The molecule has 0 spiro atoms. The highest BCUT2D eigenvalue weighted by Crippen LogP contribution is 2.30. The molecule has 1 N–H and O–H groups in total. The normalized spacial score (nSPS) is 14.2. The zero-order valence-electron chi connectivity index (χ0n) is 9.25. The van der Waals surface area contributed by atoms with E-state index in [4.69, 9.17) is 0 Å². The summed E-state index contributed by atoms with van der Waals surface area (Å²) in [7, 11) is 0. The van der Waals surface area contributed by atoms with Crippen molar-refractivity contribution >= 4 is 0 Å². The molecule has 0 heterocycles. The van der Waals surface area contributed by atoms with Gasteiger partial charge in [0.05, 0.1) is 11.7 Å². The maximum atomic E-state index is 12.3. The van der Waals surface area contributed by atoms with E-state index in [1.807, 2.05) is 13.8 Å². The summed E-state index contributed by atoms with van der Waals surface area (Å²) in [6.07, 6.45) is -4.46. The topological polar surface area (TPSA) is 20.2 Å². The van der Waals surface area contributed by atoms with Gasteiger partial charge in [-0.15, -0.1) is 0 Å². The van der Waals surface area contributed by atoms with Crippen LogP contribution in [0.3, 0.4) is 0 Å². The third-order valence-electron chi connectivity index (χ3n) is 2.32. The molecule has 0 saturated carbocycles. The molecule has 0 fully saturated rings. The molecule has 1 aromatic rings. The predicted octanol–water partition coefficient (Wildman–Crippen LogP) is 3.78. The van der Waals surface area contributed by atoms with Gasteiger partial charge in [-0.25, -0.2) is 0 Å². The van der Waals surface area contributed by atoms with Gasteiger partial charge in [0.2, 0.25) is 0 Å².